The third-order valence-corrected chi connectivity index (χ3v) is 6.21. The van der Waals surface area contributed by atoms with Gasteiger partial charge in [-0.25, -0.2) is 13.8 Å². The standard InChI is InChI=1S/C24H18Cl2F2N2O3/c25-15-5-8-18(19(26)11-15)24(14-3-6-16(27)7-4-14)32-21-12-17(20(28)13-22(21)33-24)23(31)29-30-9-1-2-10-30/h3-8,11-13H,1-2,9-10H2,(H,29,31). The molecule has 2 aliphatic rings. The average Bonchev–Trinajstić information content (AvgIpc) is 3.41. The van der Waals surface area contributed by atoms with Crippen molar-refractivity contribution in [3.63, 3.8) is 0 Å². The number of hydrogen-bond acceptors (Lipinski definition) is 4. The van der Waals surface area contributed by atoms with Crippen LogP contribution in [0.2, 0.25) is 10.0 Å². The summed E-state index contributed by atoms with van der Waals surface area (Å²) in [7, 11) is 0. The highest BCUT2D eigenvalue weighted by molar-refractivity contribution is 6.35. The van der Waals surface area contributed by atoms with Gasteiger partial charge in [0.1, 0.15) is 11.6 Å². The number of rotatable bonds is 4. The first-order valence-electron chi connectivity index (χ1n) is 10.3. The summed E-state index contributed by atoms with van der Waals surface area (Å²) in [4.78, 5) is 12.7. The molecule has 1 N–H and O–H groups in total. The zero-order chi connectivity index (χ0) is 23.2. The Hall–Kier alpha value is -2.87. The molecule has 5 nitrogen and oxygen atoms in total. The van der Waals surface area contributed by atoms with E-state index in [1.54, 1.807) is 17.1 Å². The normalized spacial score (nSPS) is 19.6. The summed E-state index contributed by atoms with van der Waals surface area (Å²) in [5, 5.41) is 2.40. The SMILES string of the molecule is O=C(NN1CCCC1)c1cc2c(cc1F)OC(c1ccc(F)cc1)(c1ccc(Cl)cc1Cl)O2. The van der Waals surface area contributed by atoms with Crippen molar-refractivity contribution in [1.29, 1.82) is 0 Å². The van der Waals surface area contributed by atoms with Crippen LogP contribution in [0.4, 0.5) is 8.78 Å². The van der Waals surface area contributed by atoms with Crippen LogP contribution in [0.15, 0.2) is 54.6 Å². The minimum Gasteiger partial charge on any atom is -0.440 e. The second kappa shape index (κ2) is 8.48. The van der Waals surface area contributed by atoms with E-state index in [0.717, 1.165) is 18.9 Å². The molecule has 33 heavy (non-hydrogen) atoms. The molecule has 0 spiro atoms. The fraction of sp³-hybridized carbons (Fsp3) is 0.208. The molecule has 3 aromatic rings. The van der Waals surface area contributed by atoms with E-state index in [2.05, 4.69) is 5.43 Å². The fourth-order valence-corrected chi connectivity index (χ4v) is 4.57. The highest BCUT2D eigenvalue weighted by Crippen LogP contribution is 2.50. The number of nitrogens with zero attached hydrogens (tertiary/aromatic N) is 1. The minimum atomic E-state index is -1.63. The molecule has 2 aliphatic heterocycles. The topological polar surface area (TPSA) is 50.8 Å². The van der Waals surface area contributed by atoms with E-state index in [1.807, 2.05) is 0 Å². The molecule has 0 aliphatic carbocycles. The first-order chi connectivity index (χ1) is 15.9. The van der Waals surface area contributed by atoms with Gasteiger partial charge in [0.15, 0.2) is 11.5 Å². The molecule has 1 fully saturated rings. The van der Waals surface area contributed by atoms with Crippen LogP contribution in [0.25, 0.3) is 0 Å². The van der Waals surface area contributed by atoms with Crippen LogP contribution in [0, 0.1) is 11.6 Å². The van der Waals surface area contributed by atoms with E-state index < -0.39 is 23.3 Å². The molecule has 5 rings (SSSR count). The van der Waals surface area contributed by atoms with E-state index in [4.69, 9.17) is 32.7 Å². The lowest BCUT2D eigenvalue weighted by Gasteiger charge is -2.29. The fourth-order valence-electron chi connectivity index (χ4n) is 4.04. The molecule has 3 aromatic carbocycles. The molecule has 1 atom stereocenters. The number of benzene rings is 3. The van der Waals surface area contributed by atoms with Crippen molar-refractivity contribution in [2.75, 3.05) is 13.1 Å². The lowest BCUT2D eigenvalue weighted by atomic mass is 9.97. The lowest BCUT2D eigenvalue weighted by molar-refractivity contribution is -0.0459. The van der Waals surface area contributed by atoms with Crippen LogP contribution >= 0.6 is 23.2 Å². The van der Waals surface area contributed by atoms with Gasteiger partial charge in [0, 0.05) is 29.7 Å². The second-order valence-electron chi connectivity index (χ2n) is 7.87. The zero-order valence-electron chi connectivity index (χ0n) is 17.2. The van der Waals surface area contributed by atoms with Gasteiger partial charge >= 0.3 is 5.79 Å². The van der Waals surface area contributed by atoms with Crippen LogP contribution in [-0.4, -0.2) is 24.0 Å². The molecule has 9 heteroatoms. The molecule has 170 valence electrons. The van der Waals surface area contributed by atoms with Crippen LogP contribution < -0.4 is 14.9 Å². The molecule has 0 bridgehead atoms. The maximum absolute atomic E-state index is 14.9. The van der Waals surface area contributed by atoms with Crippen molar-refractivity contribution in [3.05, 3.63) is 93.0 Å². The molecule has 0 aromatic heterocycles. The minimum absolute atomic E-state index is 0.0839. The van der Waals surface area contributed by atoms with Gasteiger partial charge in [-0.1, -0.05) is 23.2 Å². The van der Waals surface area contributed by atoms with E-state index in [1.165, 1.54) is 36.4 Å². The first kappa shape index (κ1) is 21.9. The predicted molar refractivity (Wildman–Crippen MR) is 120 cm³/mol. The van der Waals surface area contributed by atoms with E-state index in [-0.39, 0.29) is 22.1 Å². The van der Waals surface area contributed by atoms with Crippen LogP contribution in [0.5, 0.6) is 11.5 Å². The molecular formula is C24H18Cl2F2N2O3. The molecule has 2 heterocycles. The number of amides is 1. The Morgan fingerprint density at radius 1 is 0.939 bits per heavy atom. The monoisotopic (exact) mass is 490 g/mol. The van der Waals surface area contributed by atoms with E-state index >= 15 is 0 Å². The summed E-state index contributed by atoms with van der Waals surface area (Å²) >= 11 is 12.5. The van der Waals surface area contributed by atoms with Crippen molar-refractivity contribution < 1.29 is 23.0 Å². The Bertz CT molecular complexity index is 1230. The summed E-state index contributed by atoms with van der Waals surface area (Å²) in [6.07, 6.45) is 1.93. The number of ether oxygens (including phenoxy) is 2. The highest BCUT2D eigenvalue weighted by atomic mass is 35.5. The van der Waals surface area contributed by atoms with Crippen molar-refractivity contribution in [2.24, 2.45) is 0 Å². The van der Waals surface area contributed by atoms with Crippen molar-refractivity contribution >= 4 is 29.1 Å². The Morgan fingerprint density at radius 2 is 1.61 bits per heavy atom. The number of hydrazine groups is 1. The second-order valence-corrected chi connectivity index (χ2v) is 8.71. The summed E-state index contributed by atoms with van der Waals surface area (Å²) in [5.74, 6) is -3.18. The Kier molecular flexibility index (Phi) is 5.64. The Balaban J connectivity index is 1.56. The molecule has 1 saturated heterocycles. The number of nitrogens with one attached hydrogen (secondary N) is 1. The first-order valence-corrected chi connectivity index (χ1v) is 11.1. The Labute approximate surface area is 198 Å². The summed E-state index contributed by atoms with van der Waals surface area (Å²) < 4.78 is 40.9. The summed E-state index contributed by atoms with van der Waals surface area (Å²) in [6.45, 7) is 1.42. The van der Waals surface area contributed by atoms with Crippen LogP contribution in [0.1, 0.15) is 34.3 Å². The molecule has 0 radical (unpaired) electrons. The van der Waals surface area contributed by atoms with Crippen LogP contribution in [0.3, 0.4) is 0 Å². The van der Waals surface area contributed by atoms with Gasteiger partial charge in [-0.3, -0.25) is 10.2 Å². The number of halogens is 4. The van der Waals surface area contributed by atoms with Gasteiger partial charge in [-0.05, 0) is 61.4 Å². The number of hydrogen-bond donors (Lipinski definition) is 1. The smallest absolute Gasteiger partial charge is 0.307 e. The Morgan fingerprint density at radius 3 is 2.27 bits per heavy atom. The van der Waals surface area contributed by atoms with E-state index in [0.29, 0.717) is 29.2 Å². The maximum atomic E-state index is 14.9. The van der Waals surface area contributed by atoms with Crippen molar-refractivity contribution in [1.82, 2.24) is 10.4 Å². The van der Waals surface area contributed by atoms with Gasteiger partial charge < -0.3 is 9.47 Å². The van der Waals surface area contributed by atoms with Gasteiger partial charge in [-0.15, -0.1) is 0 Å². The third kappa shape index (κ3) is 4.01. The van der Waals surface area contributed by atoms with E-state index in [9.17, 15) is 13.6 Å². The summed E-state index contributed by atoms with van der Waals surface area (Å²) in [6, 6.07) is 12.6. The summed E-state index contributed by atoms with van der Waals surface area (Å²) in [5.41, 5.74) is 3.35. The van der Waals surface area contributed by atoms with Gasteiger partial charge in [0.2, 0.25) is 0 Å². The van der Waals surface area contributed by atoms with Crippen molar-refractivity contribution in [2.45, 2.75) is 18.6 Å². The van der Waals surface area contributed by atoms with Crippen molar-refractivity contribution in [3.8, 4) is 11.5 Å². The molecule has 0 saturated carbocycles. The highest BCUT2D eigenvalue weighted by Gasteiger charge is 2.47. The average molecular weight is 491 g/mol. The molecule has 1 amide bonds. The van der Waals surface area contributed by atoms with Gasteiger partial charge in [-0.2, -0.15) is 0 Å². The number of fused-ring (bicyclic) bond motifs is 1. The van der Waals surface area contributed by atoms with Gasteiger partial charge in [0.25, 0.3) is 5.91 Å². The quantitative estimate of drug-likeness (QED) is 0.510. The molecular weight excluding hydrogens is 473 g/mol. The predicted octanol–water partition coefficient (Wildman–Crippen LogP) is 5.68. The largest absolute Gasteiger partial charge is 0.440 e. The number of carbonyl (C=O) groups excluding carboxylic acids is 1. The zero-order valence-corrected chi connectivity index (χ0v) is 18.7. The van der Waals surface area contributed by atoms with Crippen LogP contribution in [-0.2, 0) is 5.79 Å². The number of carbonyl (C=O) groups is 1. The maximum Gasteiger partial charge on any atom is 0.307 e. The van der Waals surface area contributed by atoms with Gasteiger partial charge in [0.05, 0.1) is 16.1 Å². The lowest BCUT2D eigenvalue weighted by Crippen LogP contribution is -2.40. The third-order valence-electron chi connectivity index (χ3n) is 5.66. The molecule has 1 unspecified atom stereocenters.